The van der Waals surface area contributed by atoms with Crippen LogP contribution >= 0.6 is 24.0 Å². The van der Waals surface area contributed by atoms with Crippen LogP contribution in [0.15, 0.2) is 23.3 Å². The Morgan fingerprint density at radius 2 is 2.09 bits per heavy atom. The van der Waals surface area contributed by atoms with E-state index in [9.17, 15) is 0 Å². The van der Waals surface area contributed by atoms with Crippen LogP contribution < -0.4 is 5.32 Å². The van der Waals surface area contributed by atoms with Gasteiger partial charge in [0.25, 0.3) is 0 Å². The van der Waals surface area contributed by atoms with Gasteiger partial charge >= 0.3 is 0 Å². The third kappa shape index (κ3) is 6.56. The molecule has 1 rings (SSSR count). The first-order valence-corrected chi connectivity index (χ1v) is 7.71. The van der Waals surface area contributed by atoms with Gasteiger partial charge in [-0.15, -0.1) is 24.0 Å². The van der Waals surface area contributed by atoms with Gasteiger partial charge in [-0.2, -0.15) is 0 Å². The molecule has 6 heteroatoms. The van der Waals surface area contributed by atoms with Gasteiger partial charge in [-0.1, -0.05) is 6.92 Å². The Labute approximate surface area is 152 Å². The summed E-state index contributed by atoms with van der Waals surface area (Å²) >= 11 is 0. The van der Waals surface area contributed by atoms with Crippen LogP contribution in [0.1, 0.15) is 26.0 Å². The second-order valence-corrected chi connectivity index (χ2v) is 5.68. The fourth-order valence-electron chi connectivity index (χ4n) is 2.24. The van der Waals surface area contributed by atoms with Crippen LogP contribution in [0.5, 0.6) is 0 Å². The fraction of sp³-hybridized carbons (Fsp3) is 0.688. The van der Waals surface area contributed by atoms with E-state index in [0.29, 0.717) is 6.04 Å². The molecule has 1 aromatic rings. The highest BCUT2D eigenvalue weighted by molar-refractivity contribution is 14.0. The topological polar surface area (TPSA) is 35.8 Å². The number of nitrogens with zero attached hydrogens (tertiary/aromatic N) is 4. The van der Waals surface area contributed by atoms with Gasteiger partial charge in [0.15, 0.2) is 5.96 Å². The minimum Gasteiger partial charge on any atom is -0.355 e. The smallest absolute Gasteiger partial charge is 0.193 e. The average Bonchev–Trinajstić information content (AvgIpc) is 2.87. The molecule has 0 bridgehead atoms. The van der Waals surface area contributed by atoms with E-state index in [1.54, 1.807) is 0 Å². The molecule has 0 fully saturated rings. The van der Waals surface area contributed by atoms with Crippen molar-refractivity contribution in [1.82, 2.24) is 19.7 Å². The first-order valence-electron chi connectivity index (χ1n) is 7.71. The molecule has 0 aromatic carbocycles. The molecule has 1 unspecified atom stereocenters. The zero-order chi connectivity index (χ0) is 15.8. The standard InChI is InChI=1S/C16H31N5.HI/c1-7-14(2)19(4)12-10-18-16(17-3)21(6)13-15-9-8-11-20(15)5;/h8-9,11,14H,7,10,12-13H2,1-6H3,(H,17,18);1H. The van der Waals surface area contributed by atoms with E-state index in [2.05, 4.69) is 78.0 Å². The Hall–Kier alpha value is -0.760. The number of halogens is 1. The molecule has 5 nitrogen and oxygen atoms in total. The summed E-state index contributed by atoms with van der Waals surface area (Å²) in [6.07, 6.45) is 3.25. The molecule has 0 saturated carbocycles. The zero-order valence-electron chi connectivity index (χ0n) is 14.8. The second-order valence-electron chi connectivity index (χ2n) is 5.68. The second kappa shape index (κ2) is 10.9. The summed E-state index contributed by atoms with van der Waals surface area (Å²) in [5.41, 5.74) is 1.28. The molecule has 1 heterocycles. The number of likely N-dealkylation sites (N-methyl/N-ethyl adjacent to an activating group) is 1. The molecule has 1 atom stereocenters. The molecule has 0 radical (unpaired) electrons. The number of hydrogen-bond donors (Lipinski definition) is 1. The summed E-state index contributed by atoms with van der Waals surface area (Å²) in [5, 5.41) is 3.44. The molecule has 1 N–H and O–H groups in total. The normalized spacial score (nSPS) is 13.0. The molecule has 0 aliphatic rings. The fourth-order valence-corrected chi connectivity index (χ4v) is 2.24. The van der Waals surface area contributed by atoms with E-state index in [4.69, 9.17) is 0 Å². The molecular weight excluding hydrogens is 389 g/mol. The van der Waals surface area contributed by atoms with Crippen molar-refractivity contribution in [3.63, 3.8) is 0 Å². The van der Waals surface area contributed by atoms with Gasteiger partial charge in [0, 0.05) is 52.2 Å². The molecule has 128 valence electrons. The van der Waals surface area contributed by atoms with Crippen LogP contribution in [0, 0.1) is 0 Å². The summed E-state index contributed by atoms with van der Waals surface area (Å²) in [4.78, 5) is 8.89. The third-order valence-corrected chi connectivity index (χ3v) is 4.11. The molecule has 1 aromatic heterocycles. The predicted octanol–water partition coefficient (Wildman–Crippen LogP) is 2.38. The van der Waals surface area contributed by atoms with Gasteiger partial charge in [-0.25, -0.2) is 0 Å². The average molecular weight is 421 g/mol. The van der Waals surface area contributed by atoms with E-state index in [1.807, 2.05) is 7.05 Å². The maximum Gasteiger partial charge on any atom is 0.193 e. The number of aryl methyl sites for hydroxylation is 1. The lowest BCUT2D eigenvalue weighted by atomic mass is 10.2. The summed E-state index contributed by atoms with van der Waals surface area (Å²) in [7, 11) is 8.15. The van der Waals surface area contributed by atoms with Crippen molar-refractivity contribution in [3.05, 3.63) is 24.0 Å². The molecule has 0 aliphatic heterocycles. The van der Waals surface area contributed by atoms with Crippen LogP contribution in [0.4, 0.5) is 0 Å². The van der Waals surface area contributed by atoms with Crippen molar-refractivity contribution < 1.29 is 0 Å². The van der Waals surface area contributed by atoms with Gasteiger partial charge < -0.3 is 19.7 Å². The lowest BCUT2D eigenvalue weighted by Gasteiger charge is -2.26. The zero-order valence-corrected chi connectivity index (χ0v) is 17.2. The predicted molar refractivity (Wildman–Crippen MR) is 106 cm³/mol. The van der Waals surface area contributed by atoms with Gasteiger partial charge in [0.1, 0.15) is 0 Å². The quantitative estimate of drug-likeness (QED) is 0.417. The van der Waals surface area contributed by atoms with Crippen molar-refractivity contribution in [2.24, 2.45) is 12.0 Å². The molecular formula is C16H32IN5. The maximum atomic E-state index is 4.36. The van der Waals surface area contributed by atoms with Gasteiger partial charge in [-0.3, -0.25) is 4.99 Å². The van der Waals surface area contributed by atoms with Crippen LogP contribution in [0.25, 0.3) is 0 Å². The third-order valence-electron chi connectivity index (χ3n) is 4.11. The summed E-state index contributed by atoms with van der Waals surface area (Å²) in [5.74, 6) is 0.939. The minimum absolute atomic E-state index is 0. The highest BCUT2D eigenvalue weighted by atomic mass is 127. The molecule has 22 heavy (non-hydrogen) atoms. The van der Waals surface area contributed by atoms with Crippen molar-refractivity contribution in [2.75, 3.05) is 34.2 Å². The Bertz CT molecular complexity index is 443. The van der Waals surface area contributed by atoms with Gasteiger partial charge in [0.05, 0.1) is 6.54 Å². The van der Waals surface area contributed by atoms with Gasteiger partial charge in [0.2, 0.25) is 0 Å². The number of aliphatic imine (C=N–C) groups is 1. The number of hydrogen-bond acceptors (Lipinski definition) is 2. The van der Waals surface area contributed by atoms with E-state index in [0.717, 1.165) is 25.6 Å². The molecule has 0 aliphatic carbocycles. The monoisotopic (exact) mass is 421 g/mol. The largest absolute Gasteiger partial charge is 0.355 e. The number of aromatic nitrogens is 1. The van der Waals surface area contributed by atoms with Crippen molar-refractivity contribution in [3.8, 4) is 0 Å². The minimum atomic E-state index is 0. The Balaban J connectivity index is 0.00000441. The molecule has 0 spiro atoms. The maximum absolute atomic E-state index is 4.36. The number of guanidine groups is 1. The lowest BCUT2D eigenvalue weighted by molar-refractivity contribution is 0.255. The van der Waals surface area contributed by atoms with Crippen LogP contribution in [-0.2, 0) is 13.6 Å². The number of rotatable bonds is 7. The highest BCUT2D eigenvalue weighted by Gasteiger charge is 2.10. The van der Waals surface area contributed by atoms with Crippen molar-refractivity contribution in [1.29, 1.82) is 0 Å². The first-order chi connectivity index (χ1) is 9.99. The lowest BCUT2D eigenvalue weighted by Crippen LogP contribution is -2.43. The summed E-state index contributed by atoms with van der Waals surface area (Å²) in [6.45, 7) is 7.26. The van der Waals surface area contributed by atoms with Crippen LogP contribution in [0.3, 0.4) is 0 Å². The Kier molecular flexibility index (Phi) is 10.5. The summed E-state index contributed by atoms with van der Waals surface area (Å²) < 4.78 is 2.14. The first kappa shape index (κ1) is 21.2. The van der Waals surface area contributed by atoms with Gasteiger partial charge in [-0.05, 0) is 32.5 Å². The van der Waals surface area contributed by atoms with E-state index in [-0.39, 0.29) is 24.0 Å². The SMILES string of the molecule is CCC(C)N(C)CCNC(=NC)N(C)Cc1cccn1C.I. The van der Waals surface area contributed by atoms with E-state index in [1.165, 1.54) is 12.1 Å². The Morgan fingerprint density at radius 1 is 1.41 bits per heavy atom. The van der Waals surface area contributed by atoms with E-state index >= 15 is 0 Å². The van der Waals surface area contributed by atoms with Crippen molar-refractivity contribution >= 4 is 29.9 Å². The number of nitrogens with one attached hydrogen (secondary N) is 1. The highest BCUT2D eigenvalue weighted by Crippen LogP contribution is 2.03. The molecule has 0 amide bonds. The van der Waals surface area contributed by atoms with Crippen molar-refractivity contribution in [2.45, 2.75) is 32.9 Å². The Morgan fingerprint density at radius 3 is 2.59 bits per heavy atom. The van der Waals surface area contributed by atoms with E-state index < -0.39 is 0 Å². The summed E-state index contributed by atoms with van der Waals surface area (Å²) in [6, 6.07) is 4.83. The molecule has 0 saturated heterocycles. The van der Waals surface area contributed by atoms with Crippen LogP contribution in [-0.4, -0.2) is 60.6 Å². The van der Waals surface area contributed by atoms with Crippen LogP contribution in [0.2, 0.25) is 0 Å².